The summed E-state index contributed by atoms with van der Waals surface area (Å²) in [6.45, 7) is 9.14. The van der Waals surface area contributed by atoms with Crippen molar-refractivity contribution in [3.63, 3.8) is 0 Å². The summed E-state index contributed by atoms with van der Waals surface area (Å²) in [5, 5.41) is 9.54. The molecule has 0 aromatic heterocycles. The van der Waals surface area contributed by atoms with Crippen LogP contribution in [0.5, 0.6) is 0 Å². The molecular weight excluding hydrogens is 310 g/mol. The van der Waals surface area contributed by atoms with Crippen molar-refractivity contribution < 1.29 is 9.53 Å². The summed E-state index contributed by atoms with van der Waals surface area (Å²) < 4.78 is 5.50. The van der Waals surface area contributed by atoms with Gasteiger partial charge in [0.1, 0.15) is 0 Å². The minimum absolute atomic E-state index is 0.00115. The van der Waals surface area contributed by atoms with Gasteiger partial charge >= 0.3 is 5.97 Å². The van der Waals surface area contributed by atoms with Gasteiger partial charge in [0, 0.05) is 6.42 Å². The van der Waals surface area contributed by atoms with Crippen molar-refractivity contribution in [3.05, 3.63) is 11.6 Å². The average molecular weight is 344 g/mol. The fraction of sp³-hybridized carbons (Fsp3) is 0.818. The van der Waals surface area contributed by atoms with E-state index < -0.39 is 0 Å². The number of carbonyl (C=O) groups is 1. The van der Waals surface area contributed by atoms with Crippen LogP contribution in [0.2, 0.25) is 0 Å². The minimum atomic E-state index is -0.363. The van der Waals surface area contributed by atoms with Gasteiger partial charge in [0.2, 0.25) is 0 Å². The van der Waals surface area contributed by atoms with E-state index in [0.29, 0.717) is 24.9 Å². The van der Waals surface area contributed by atoms with Gasteiger partial charge in [-0.05, 0) is 82.0 Å². The molecule has 0 heterocycles. The highest BCUT2D eigenvalue weighted by Gasteiger charge is 2.62. The van der Waals surface area contributed by atoms with Crippen LogP contribution in [0.3, 0.4) is 0 Å². The molecule has 0 radical (unpaired) electrons. The van der Waals surface area contributed by atoms with Crippen molar-refractivity contribution in [1.29, 1.82) is 5.26 Å². The molecule has 0 bridgehead atoms. The molecule has 2 fully saturated rings. The van der Waals surface area contributed by atoms with Crippen molar-refractivity contribution in [3.8, 4) is 6.07 Å². The molecule has 0 amide bonds. The predicted octanol–water partition coefficient (Wildman–Crippen LogP) is 5.41. The summed E-state index contributed by atoms with van der Waals surface area (Å²) in [6.07, 6.45) is 10.5. The number of hydrogen-bond donors (Lipinski definition) is 0. The first-order valence-electron chi connectivity index (χ1n) is 10.0. The molecule has 2 saturated carbocycles. The Morgan fingerprint density at radius 1 is 1.32 bits per heavy atom. The Morgan fingerprint density at radius 3 is 2.76 bits per heavy atom. The van der Waals surface area contributed by atoms with Gasteiger partial charge in [0.25, 0.3) is 0 Å². The monoisotopic (exact) mass is 343 g/mol. The Labute approximate surface area is 152 Å². The molecule has 0 unspecified atom stereocenters. The average Bonchev–Trinajstić information content (AvgIpc) is 2.54. The largest absolute Gasteiger partial charge is 0.466 e. The lowest BCUT2D eigenvalue weighted by Crippen LogP contribution is -2.58. The molecule has 0 aliphatic heterocycles. The highest BCUT2D eigenvalue weighted by atomic mass is 16.5. The van der Waals surface area contributed by atoms with Gasteiger partial charge in [0.05, 0.1) is 18.1 Å². The van der Waals surface area contributed by atoms with Gasteiger partial charge in [-0.15, -0.1) is 0 Å². The quantitative estimate of drug-likeness (QED) is 0.508. The molecule has 0 N–H and O–H groups in total. The van der Waals surface area contributed by atoms with E-state index in [1.54, 1.807) is 0 Å². The standard InChI is InChI=1S/C22H33NO2/c1-5-25-19(24)21(4)11-6-10-20(3)17(21)9-12-22(13-14-23)15-16(2)7-8-18(20)22/h7,17-18H,5-6,8-13,15H2,1-4H3/t17-,18-,20+,21+,22-/m0/s1. The number of rotatable bonds is 3. The normalized spacial score (nSPS) is 43.2. The second kappa shape index (κ2) is 6.45. The van der Waals surface area contributed by atoms with Crippen molar-refractivity contribution in [2.75, 3.05) is 6.61 Å². The topological polar surface area (TPSA) is 50.1 Å². The van der Waals surface area contributed by atoms with Crippen LogP contribution in [-0.2, 0) is 9.53 Å². The van der Waals surface area contributed by atoms with E-state index in [4.69, 9.17) is 4.74 Å². The van der Waals surface area contributed by atoms with Crippen LogP contribution in [0.4, 0.5) is 0 Å². The zero-order chi connectivity index (χ0) is 18.3. The van der Waals surface area contributed by atoms with E-state index in [1.807, 2.05) is 6.92 Å². The van der Waals surface area contributed by atoms with Gasteiger partial charge in [-0.2, -0.15) is 5.26 Å². The van der Waals surface area contributed by atoms with E-state index in [9.17, 15) is 10.1 Å². The van der Waals surface area contributed by atoms with Gasteiger partial charge < -0.3 is 4.74 Å². The Balaban J connectivity index is 2.00. The molecule has 3 aliphatic carbocycles. The van der Waals surface area contributed by atoms with Crippen LogP contribution in [0.25, 0.3) is 0 Å². The third kappa shape index (κ3) is 2.73. The number of nitrogens with zero attached hydrogens (tertiary/aromatic N) is 1. The Morgan fingerprint density at radius 2 is 2.08 bits per heavy atom. The molecule has 25 heavy (non-hydrogen) atoms. The van der Waals surface area contributed by atoms with Crippen molar-refractivity contribution in [2.24, 2.45) is 28.1 Å². The minimum Gasteiger partial charge on any atom is -0.466 e. The van der Waals surface area contributed by atoms with Gasteiger partial charge in [-0.25, -0.2) is 0 Å². The number of allylic oxidation sites excluding steroid dienone is 2. The van der Waals surface area contributed by atoms with Gasteiger partial charge in [-0.3, -0.25) is 4.79 Å². The van der Waals surface area contributed by atoms with Crippen LogP contribution in [0.1, 0.15) is 79.1 Å². The van der Waals surface area contributed by atoms with Crippen molar-refractivity contribution in [2.45, 2.75) is 79.1 Å². The molecule has 3 heteroatoms. The SMILES string of the molecule is CCOC(=O)[C@]1(C)CCC[C@@]2(C)[C@@H]3CC=C(C)C[C@@]3(CC#N)CC[C@@H]21. The predicted molar refractivity (Wildman–Crippen MR) is 98.6 cm³/mol. The van der Waals surface area contributed by atoms with E-state index in [2.05, 4.69) is 32.9 Å². The number of carbonyl (C=O) groups excluding carboxylic acids is 1. The first-order valence-corrected chi connectivity index (χ1v) is 10.0. The molecule has 3 rings (SSSR count). The van der Waals surface area contributed by atoms with Crippen molar-refractivity contribution >= 4 is 5.97 Å². The molecule has 0 aromatic carbocycles. The number of fused-ring (bicyclic) bond motifs is 3. The third-order valence-corrected chi connectivity index (χ3v) is 7.95. The summed E-state index contributed by atoms with van der Waals surface area (Å²) in [5.41, 5.74) is 1.33. The van der Waals surface area contributed by atoms with Crippen LogP contribution in [-0.4, -0.2) is 12.6 Å². The smallest absolute Gasteiger partial charge is 0.312 e. The zero-order valence-electron chi connectivity index (χ0n) is 16.4. The summed E-state index contributed by atoms with van der Waals surface area (Å²) in [7, 11) is 0. The van der Waals surface area contributed by atoms with E-state index in [0.717, 1.165) is 38.5 Å². The summed E-state index contributed by atoms with van der Waals surface area (Å²) in [4.78, 5) is 12.8. The molecule has 3 nitrogen and oxygen atoms in total. The third-order valence-electron chi connectivity index (χ3n) is 7.95. The molecule has 5 atom stereocenters. The van der Waals surface area contributed by atoms with Gasteiger partial charge in [0.15, 0.2) is 0 Å². The van der Waals surface area contributed by atoms with Crippen LogP contribution >= 0.6 is 0 Å². The number of ether oxygens (including phenoxy) is 1. The summed E-state index contributed by atoms with van der Waals surface area (Å²) in [6, 6.07) is 2.51. The van der Waals surface area contributed by atoms with Crippen LogP contribution in [0.15, 0.2) is 11.6 Å². The number of esters is 1. The molecule has 138 valence electrons. The molecule has 3 aliphatic rings. The fourth-order valence-electron chi connectivity index (χ4n) is 6.93. The zero-order valence-corrected chi connectivity index (χ0v) is 16.4. The maximum Gasteiger partial charge on any atom is 0.312 e. The second-order valence-corrected chi connectivity index (χ2v) is 9.30. The number of hydrogen-bond acceptors (Lipinski definition) is 3. The van der Waals surface area contributed by atoms with E-state index in [1.165, 1.54) is 12.0 Å². The lowest BCUT2D eigenvalue weighted by Gasteiger charge is -2.63. The number of nitriles is 1. The Bertz CT molecular complexity index is 618. The Kier molecular flexibility index (Phi) is 4.77. The maximum atomic E-state index is 12.8. The molecule has 0 aromatic rings. The summed E-state index contributed by atoms with van der Waals surface area (Å²) in [5.74, 6) is 0.883. The highest BCUT2D eigenvalue weighted by molar-refractivity contribution is 5.77. The lowest BCUT2D eigenvalue weighted by atomic mass is 9.40. The van der Waals surface area contributed by atoms with E-state index >= 15 is 0 Å². The maximum absolute atomic E-state index is 12.8. The first-order chi connectivity index (χ1) is 11.8. The Hall–Kier alpha value is -1.30. The van der Waals surface area contributed by atoms with E-state index in [-0.39, 0.29) is 22.2 Å². The van der Waals surface area contributed by atoms with Crippen LogP contribution < -0.4 is 0 Å². The highest BCUT2D eigenvalue weighted by Crippen LogP contribution is 2.68. The molecule has 0 spiro atoms. The van der Waals surface area contributed by atoms with Gasteiger partial charge in [-0.1, -0.05) is 25.0 Å². The van der Waals surface area contributed by atoms with Crippen LogP contribution in [0, 0.1) is 39.4 Å². The second-order valence-electron chi connectivity index (χ2n) is 9.30. The molecular formula is C22H33NO2. The van der Waals surface area contributed by atoms with Crippen molar-refractivity contribution in [1.82, 2.24) is 0 Å². The first kappa shape index (κ1) is 18.5. The summed E-state index contributed by atoms with van der Waals surface area (Å²) >= 11 is 0. The molecule has 0 saturated heterocycles. The fourth-order valence-corrected chi connectivity index (χ4v) is 6.93. The lowest BCUT2D eigenvalue weighted by molar-refractivity contribution is -0.183.